The van der Waals surface area contributed by atoms with Crippen molar-refractivity contribution in [2.75, 3.05) is 0 Å². The molecular formula is C9H11NO2. The Bertz CT molecular complexity index is 294. The Balaban J connectivity index is 3.04. The summed E-state index contributed by atoms with van der Waals surface area (Å²) in [7, 11) is 0. The van der Waals surface area contributed by atoms with Crippen LogP contribution in [0.1, 0.15) is 35.7 Å². The summed E-state index contributed by atoms with van der Waals surface area (Å²) < 4.78 is 0. The minimum atomic E-state index is -0.926. The lowest BCUT2D eigenvalue weighted by Gasteiger charge is -2.04. The second-order valence-corrected chi connectivity index (χ2v) is 2.97. The van der Waals surface area contributed by atoms with Gasteiger partial charge in [-0.3, -0.25) is 4.98 Å². The monoisotopic (exact) mass is 165 g/mol. The van der Waals surface area contributed by atoms with Crippen molar-refractivity contribution in [2.45, 2.75) is 19.8 Å². The Morgan fingerprint density at radius 3 is 2.67 bits per heavy atom. The van der Waals surface area contributed by atoms with Gasteiger partial charge in [0.1, 0.15) is 0 Å². The molecule has 3 nitrogen and oxygen atoms in total. The smallest absolute Gasteiger partial charge is 0.337 e. The van der Waals surface area contributed by atoms with Gasteiger partial charge >= 0.3 is 5.97 Å². The fourth-order valence-corrected chi connectivity index (χ4v) is 0.890. The van der Waals surface area contributed by atoms with E-state index in [4.69, 9.17) is 5.11 Å². The van der Waals surface area contributed by atoms with E-state index in [1.807, 2.05) is 13.8 Å². The Labute approximate surface area is 71.1 Å². The van der Waals surface area contributed by atoms with Gasteiger partial charge in [0.15, 0.2) is 0 Å². The normalized spacial score (nSPS) is 10.2. The van der Waals surface area contributed by atoms with Crippen molar-refractivity contribution in [1.82, 2.24) is 4.98 Å². The van der Waals surface area contributed by atoms with Gasteiger partial charge in [0.2, 0.25) is 0 Å². The molecule has 0 fully saturated rings. The molecule has 3 heteroatoms. The highest BCUT2D eigenvalue weighted by molar-refractivity contribution is 5.87. The van der Waals surface area contributed by atoms with Crippen LogP contribution in [0.2, 0.25) is 0 Å². The zero-order valence-electron chi connectivity index (χ0n) is 7.11. The number of hydrogen-bond acceptors (Lipinski definition) is 2. The second-order valence-electron chi connectivity index (χ2n) is 2.97. The van der Waals surface area contributed by atoms with E-state index in [-0.39, 0.29) is 5.56 Å². The van der Waals surface area contributed by atoms with E-state index >= 15 is 0 Å². The summed E-state index contributed by atoms with van der Waals surface area (Å²) in [5.74, 6) is -0.609. The highest BCUT2D eigenvalue weighted by Gasteiger charge is 2.05. The Hall–Kier alpha value is -1.38. The maximum absolute atomic E-state index is 10.5. The molecule has 0 spiro atoms. The average molecular weight is 165 g/mol. The maximum atomic E-state index is 10.5. The quantitative estimate of drug-likeness (QED) is 0.728. The van der Waals surface area contributed by atoms with Crippen LogP contribution < -0.4 is 0 Å². The topological polar surface area (TPSA) is 50.2 Å². The van der Waals surface area contributed by atoms with Gasteiger partial charge in [-0.25, -0.2) is 4.79 Å². The average Bonchev–Trinajstić information content (AvgIpc) is 2.04. The van der Waals surface area contributed by atoms with Crippen LogP contribution in [-0.4, -0.2) is 16.1 Å². The molecule has 0 saturated carbocycles. The first-order valence-electron chi connectivity index (χ1n) is 3.79. The number of hydrogen-bond donors (Lipinski definition) is 1. The molecular weight excluding hydrogens is 154 g/mol. The summed E-state index contributed by atoms with van der Waals surface area (Å²) >= 11 is 0. The van der Waals surface area contributed by atoms with Crippen molar-refractivity contribution in [3.05, 3.63) is 29.6 Å². The van der Waals surface area contributed by atoms with Gasteiger partial charge in [-0.15, -0.1) is 0 Å². The van der Waals surface area contributed by atoms with E-state index in [0.29, 0.717) is 5.92 Å². The van der Waals surface area contributed by atoms with Crippen LogP contribution in [0, 0.1) is 0 Å². The molecule has 1 aromatic rings. The maximum Gasteiger partial charge on any atom is 0.337 e. The summed E-state index contributed by atoms with van der Waals surface area (Å²) in [5, 5.41) is 8.65. The van der Waals surface area contributed by atoms with Crippen molar-refractivity contribution in [2.24, 2.45) is 0 Å². The minimum Gasteiger partial charge on any atom is -0.478 e. The summed E-state index contributed by atoms with van der Waals surface area (Å²) in [6.07, 6.45) is 3.05. The van der Waals surface area contributed by atoms with Crippen LogP contribution in [0.3, 0.4) is 0 Å². The molecule has 0 aromatic carbocycles. The summed E-state index contributed by atoms with van der Waals surface area (Å²) in [5.41, 5.74) is 1.20. The van der Waals surface area contributed by atoms with E-state index in [0.717, 1.165) is 5.56 Å². The molecule has 0 aliphatic rings. The number of nitrogens with zero attached hydrogens (tertiary/aromatic N) is 1. The molecule has 0 unspecified atom stereocenters. The third kappa shape index (κ3) is 1.81. The molecule has 12 heavy (non-hydrogen) atoms. The van der Waals surface area contributed by atoms with Crippen molar-refractivity contribution in [1.29, 1.82) is 0 Å². The molecule has 64 valence electrons. The van der Waals surface area contributed by atoms with E-state index in [9.17, 15) is 4.79 Å². The minimum absolute atomic E-state index is 0.251. The lowest BCUT2D eigenvalue weighted by molar-refractivity contribution is 0.0696. The SMILES string of the molecule is CC(C)c1cncc(C(=O)O)c1. The summed E-state index contributed by atoms with van der Waals surface area (Å²) in [6.45, 7) is 4.01. The zero-order valence-corrected chi connectivity index (χ0v) is 7.11. The Morgan fingerprint density at radius 1 is 1.50 bits per heavy atom. The van der Waals surface area contributed by atoms with Crippen molar-refractivity contribution >= 4 is 5.97 Å². The Morgan fingerprint density at radius 2 is 2.17 bits per heavy atom. The molecule has 1 N–H and O–H groups in total. The molecule has 0 radical (unpaired) electrons. The van der Waals surface area contributed by atoms with Crippen LogP contribution in [-0.2, 0) is 0 Å². The largest absolute Gasteiger partial charge is 0.478 e. The van der Waals surface area contributed by atoms with E-state index < -0.39 is 5.97 Å². The first kappa shape index (κ1) is 8.71. The van der Waals surface area contributed by atoms with Crippen molar-refractivity contribution in [3.8, 4) is 0 Å². The van der Waals surface area contributed by atoms with Crippen LogP contribution in [0.25, 0.3) is 0 Å². The molecule has 0 aliphatic carbocycles. The fraction of sp³-hybridized carbons (Fsp3) is 0.333. The van der Waals surface area contributed by atoms with Gasteiger partial charge in [0, 0.05) is 12.4 Å². The lowest BCUT2D eigenvalue weighted by atomic mass is 10.0. The van der Waals surface area contributed by atoms with E-state index in [1.165, 1.54) is 6.20 Å². The lowest BCUT2D eigenvalue weighted by Crippen LogP contribution is -1.99. The standard InChI is InChI=1S/C9H11NO2/c1-6(2)7-3-8(9(11)12)5-10-4-7/h3-6H,1-2H3,(H,11,12). The van der Waals surface area contributed by atoms with Gasteiger partial charge in [0.25, 0.3) is 0 Å². The van der Waals surface area contributed by atoms with Crippen LogP contribution in [0.4, 0.5) is 0 Å². The van der Waals surface area contributed by atoms with Crippen LogP contribution in [0.5, 0.6) is 0 Å². The number of carboxylic acid groups (broad SMARTS) is 1. The van der Waals surface area contributed by atoms with Gasteiger partial charge in [-0.1, -0.05) is 13.8 Å². The number of pyridine rings is 1. The predicted octanol–water partition coefficient (Wildman–Crippen LogP) is 1.90. The summed E-state index contributed by atoms with van der Waals surface area (Å²) in [4.78, 5) is 14.4. The van der Waals surface area contributed by atoms with Crippen molar-refractivity contribution < 1.29 is 9.90 Å². The number of aromatic nitrogens is 1. The predicted molar refractivity (Wildman–Crippen MR) is 45.3 cm³/mol. The highest BCUT2D eigenvalue weighted by atomic mass is 16.4. The first-order valence-corrected chi connectivity index (χ1v) is 3.79. The van der Waals surface area contributed by atoms with Gasteiger partial charge in [-0.2, -0.15) is 0 Å². The van der Waals surface area contributed by atoms with Crippen LogP contribution in [0.15, 0.2) is 18.5 Å². The third-order valence-corrected chi connectivity index (χ3v) is 1.67. The molecule has 0 amide bonds. The van der Waals surface area contributed by atoms with Gasteiger partial charge < -0.3 is 5.11 Å². The van der Waals surface area contributed by atoms with Gasteiger partial charge in [0.05, 0.1) is 5.56 Å². The number of aromatic carboxylic acids is 1. The molecule has 0 saturated heterocycles. The molecule has 0 aliphatic heterocycles. The Kier molecular flexibility index (Phi) is 2.43. The third-order valence-electron chi connectivity index (χ3n) is 1.67. The highest BCUT2D eigenvalue weighted by Crippen LogP contribution is 2.13. The number of rotatable bonds is 2. The van der Waals surface area contributed by atoms with Crippen LogP contribution >= 0.6 is 0 Å². The van der Waals surface area contributed by atoms with E-state index in [1.54, 1.807) is 12.3 Å². The first-order chi connectivity index (χ1) is 5.61. The molecule has 1 rings (SSSR count). The molecule has 0 bridgehead atoms. The van der Waals surface area contributed by atoms with Crippen molar-refractivity contribution in [3.63, 3.8) is 0 Å². The second kappa shape index (κ2) is 3.34. The zero-order chi connectivity index (χ0) is 9.14. The van der Waals surface area contributed by atoms with Gasteiger partial charge in [-0.05, 0) is 17.5 Å². The molecule has 0 atom stereocenters. The number of carbonyl (C=O) groups is 1. The van der Waals surface area contributed by atoms with E-state index in [2.05, 4.69) is 4.98 Å². The molecule has 1 heterocycles. The summed E-state index contributed by atoms with van der Waals surface area (Å²) in [6, 6.07) is 1.65. The molecule has 1 aromatic heterocycles. The fourth-order valence-electron chi connectivity index (χ4n) is 0.890. The number of carboxylic acids is 1.